The van der Waals surface area contributed by atoms with Gasteiger partial charge in [0.15, 0.2) is 24.1 Å². The van der Waals surface area contributed by atoms with E-state index < -0.39 is 110 Å². The Kier molecular flexibility index (Phi) is 18.0. The molecule has 3 heterocycles. The number of thioether (sulfide) groups is 1. The SMILES string of the molecule is CCS[C@@H]1O[C@H](COP(=O)(C[C@H]2O[C@H](COC(=O)c3ccccc3)[C@@H](OCc3ccc(C)cc3)[C@@H]3OC(C)(C)O[C@@H]32)OC)[C@H](OC(=O)c2ccccc2)[C@H](OC(=O)c2ccccc2)[C@H]1OC(=O)c1ccccc1. The summed E-state index contributed by atoms with van der Waals surface area (Å²) in [5, 5.41) is 0. The molecule has 11 atom stereocenters. The van der Waals surface area contributed by atoms with Gasteiger partial charge in [0.1, 0.15) is 42.6 Å². The van der Waals surface area contributed by atoms with E-state index in [4.69, 9.17) is 51.7 Å². The summed E-state index contributed by atoms with van der Waals surface area (Å²) in [6.07, 6.45) is -10.6. The molecular weight excluding hydrogens is 980 g/mol. The van der Waals surface area contributed by atoms with Gasteiger partial charge in [-0.15, -0.1) is 11.8 Å². The fourth-order valence-corrected chi connectivity index (χ4v) is 11.1. The lowest BCUT2D eigenvalue weighted by molar-refractivity contribution is -0.212. The van der Waals surface area contributed by atoms with Gasteiger partial charge in [-0.05, 0) is 80.6 Å². The molecule has 18 heteroatoms. The number of hydrogen-bond acceptors (Lipinski definition) is 17. The van der Waals surface area contributed by atoms with E-state index in [0.717, 1.165) is 11.1 Å². The molecule has 8 rings (SSSR count). The second kappa shape index (κ2) is 24.5. The van der Waals surface area contributed by atoms with Gasteiger partial charge in [-0.25, -0.2) is 19.2 Å². The number of aryl methyl sites for hydroxylation is 1. The van der Waals surface area contributed by atoms with E-state index in [0.29, 0.717) is 11.3 Å². The van der Waals surface area contributed by atoms with E-state index in [1.165, 1.54) is 18.9 Å². The maximum absolute atomic E-state index is 15.1. The number of ether oxygens (including phenoxy) is 9. The average molecular weight is 1040 g/mol. The molecule has 16 nitrogen and oxygen atoms in total. The highest BCUT2D eigenvalue weighted by molar-refractivity contribution is 7.99. The van der Waals surface area contributed by atoms with Crippen LogP contribution in [0.2, 0.25) is 0 Å². The molecule has 3 aliphatic heterocycles. The number of carbonyl (C=O) groups is 4. The molecule has 0 N–H and O–H groups in total. The molecule has 0 radical (unpaired) electrons. The summed E-state index contributed by atoms with van der Waals surface area (Å²) in [4.78, 5) is 55.2. The third kappa shape index (κ3) is 13.7. The first-order valence-corrected chi connectivity index (χ1v) is 26.8. The molecule has 0 saturated carbocycles. The van der Waals surface area contributed by atoms with Crippen molar-refractivity contribution in [1.29, 1.82) is 0 Å². The predicted octanol–water partition coefficient (Wildman–Crippen LogP) is 9.04. The van der Waals surface area contributed by atoms with Crippen molar-refractivity contribution in [3.05, 3.63) is 179 Å². The van der Waals surface area contributed by atoms with Gasteiger partial charge >= 0.3 is 31.5 Å². The van der Waals surface area contributed by atoms with Gasteiger partial charge in [-0.2, -0.15) is 0 Å². The van der Waals surface area contributed by atoms with Crippen molar-refractivity contribution in [2.75, 3.05) is 32.2 Å². The second-order valence-corrected chi connectivity index (χ2v) is 21.6. The number of esters is 4. The van der Waals surface area contributed by atoms with Crippen LogP contribution in [-0.4, -0.2) is 122 Å². The van der Waals surface area contributed by atoms with Crippen molar-refractivity contribution in [3.63, 3.8) is 0 Å². The predicted molar refractivity (Wildman–Crippen MR) is 268 cm³/mol. The van der Waals surface area contributed by atoms with Gasteiger partial charge in [0.2, 0.25) is 0 Å². The summed E-state index contributed by atoms with van der Waals surface area (Å²) >= 11 is 1.25. The largest absolute Gasteiger partial charge is 0.459 e. The quantitative estimate of drug-likeness (QED) is 0.0408. The van der Waals surface area contributed by atoms with Gasteiger partial charge in [0.05, 0.1) is 47.7 Å². The van der Waals surface area contributed by atoms with Crippen LogP contribution in [0, 0.1) is 6.92 Å². The lowest BCUT2D eigenvalue weighted by Gasteiger charge is -2.45. The van der Waals surface area contributed by atoms with Crippen molar-refractivity contribution in [3.8, 4) is 0 Å². The molecule has 0 aliphatic carbocycles. The Bertz CT molecular complexity index is 2660. The minimum Gasteiger partial charge on any atom is -0.459 e. The third-order valence-corrected chi connectivity index (χ3v) is 15.3. The van der Waals surface area contributed by atoms with Crippen LogP contribution in [0.4, 0.5) is 0 Å². The normalized spacial score (nSPS) is 26.1. The van der Waals surface area contributed by atoms with E-state index in [-0.39, 0.29) is 29.9 Å². The Morgan fingerprint density at radius 2 is 1.05 bits per heavy atom. The highest BCUT2D eigenvalue weighted by Gasteiger charge is 2.58. The van der Waals surface area contributed by atoms with Crippen LogP contribution in [-0.2, 0) is 62.9 Å². The van der Waals surface area contributed by atoms with Crippen molar-refractivity contribution in [2.24, 2.45) is 0 Å². The third-order valence-electron chi connectivity index (χ3n) is 12.3. The lowest BCUT2D eigenvalue weighted by Crippen LogP contribution is -2.61. The minimum atomic E-state index is -4.28. The molecule has 0 spiro atoms. The van der Waals surface area contributed by atoms with Gasteiger partial charge in [-0.3, -0.25) is 4.57 Å². The van der Waals surface area contributed by atoms with Crippen LogP contribution in [0.3, 0.4) is 0 Å². The molecule has 3 aliphatic rings. The van der Waals surface area contributed by atoms with E-state index in [9.17, 15) is 19.2 Å². The van der Waals surface area contributed by atoms with Crippen LogP contribution in [0.1, 0.15) is 73.3 Å². The van der Waals surface area contributed by atoms with Gasteiger partial charge in [-0.1, -0.05) is 110 Å². The van der Waals surface area contributed by atoms with Crippen LogP contribution in [0.15, 0.2) is 146 Å². The maximum atomic E-state index is 15.1. The Morgan fingerprint density at radius 3 is 1.58 bits per heavy atom. The Balaban J connectivity index is 1.09. The second-order valence-electron chi connectivity index (χ2n) is 18.0. The summed E-state index contributed by atoms with van der Waals surface area (Å²) in [5.74, 6) is -3.65. The Labute approximate surface area is 428 Å². The molecule has 0 bridgehead atoms. The molecule has 0 aromatic heterocycles. The summed E-state index contributed by atoms with van der Waals surface area (Å²) in [6, 6.07) is 40.9. The van der Waals surface area contributed by atoms with Crippen molar-refractivity contribution in [1.82, 2.24) is 0 Å². The zero-order chi connectivity index (χ0) is 51.5. The molecule has 3 saturated heterocycles. The first-order valence-electron chi connectivity index (χ1n) is 24.0. The van der Waals surface area contributed by atoms with Crippen LogP contribution in [0.5, 0.6) is 0 Å². The van der Waals surface area contributed by atoms with E-state index in [1.54, 1.807) is 135 Å². The standard InChI is InChI=1S/C55H59O16PS/c1-6-73-54-49(69-53(59)40-25-17-10-18-26-40)47(68-52(58)39-23-15-9-16-24-39)45(67-51(57)38-21-13-8-14-22-38)42(66-54)33-64-72(60,61-5)34-43-46-48(71-55(3,4)70-46)44(62-31-36-29-27-35(2)28-30-36)41(65-43)32-63-50(56)37-19-11-7-12-20-37/h7-30,41-49,54H,6,31-34H2,1-5H3/t41-,42-,43-,44-,45+,46-,47+,48+,49-,54+,72?/m1/s1. The van der Waals surface area contributed by atoms with E-state index in [1.807, 2.05) is 38.1 Å². The van der Waals surface area contributed by atoms with Crippen LogP contribution >= 0.6 is 19.4 Å². The number of benzene rings is 5. The first-order chi connectivity index (χ1) is 35.2. The maximum Gasteiger partial charge on any atom is 0.338 e. The van der Waals surface area contributed by atoms with E-state index >= 15 is 4.57 Å². The average Bonchev–Trinajstić information content (AvgIpc) is 3.75. The number of fused-ring (bicyclic) bond motifs is 1. The highest BCUT2D eigenvalue weighted by atomic mass is 32.2. The van der Waals surface area contributed by atoms with Crippen LogP contribution in [0.25, 0.3) is 0 Å². The zero-order valence-corrected chi connectivity index (χ0v) is 42.8. The van der Waals surface area contributed by atoms with Crippen molar-refractivity contribution < 1.29 is 75.4 Å². The molecule has 0 amide bonds. The fraction of sp³-hybridized carbons (Fsp3) is 0.382. The zero-order valence-electron chi connectivity index (χ0n) is 41.1. The molecule has 5 aromatic carbocycles. The molecular formula is C55H59O16PS. The van der Waals surface area contributed by atoms with E-state index in [2.05, 4.69) is 0 Å². The molecule has 5 aromatic rings. The molecule has 3 fully saturated rings. The first kappa shape index (κ1) is 53.6. The minimum absolute atomic E-state index is 0.164. The van der Waals surface area contributed by atoms with Gasteiger partial charge in [0, 0.05) is 7.11 Å². The highest BCUT2D eigenvalue weighted by Crippen LogP contribution is 2.52. The topological polar surface area (TPSA) is 187 Å². The Hall–Kier alpha value is -5.72. The smallest absolute Gasteiger partial charge is 0.338 e. The fourth-order valence-electron chi connectivity index (χ4n) is 8.72. The van der Waals surface area contributed by atoms with Crippen molar-refractivity contribution in [2.45, 2.75) is 100 Å². The van der Waals surface area contributed by atoms with Gasteiger partial charge < -0.3 is 51.7 Å². The number of hydrogen-bond donors (Lipinski definition) is 0. The summed E-state index contributed by atoms with van der Waals surface area (Å²) < 4.78 is 84.4. The molecule has 1 unspecified atom stereocenters. The van der Waals surface area contributed by atoms with Crippen molar-refractivity contribution >= 4 is 43.2 Å². The summed E-state index contributed by atoms with van der Waals surface area (Å²) in [7, 11) is -3.06. The summed E-state index contributed by atoms with van der Waals surface area (Å²) in [5.41, 5.74) is 1.82. The Morgan fingerprint density at radius 1 is 0.575 bits per heavy atom. The van der Waals surface area contributed by atoms with Gasteiger partial charge in [0.25, 0.3) is 0 Å². The lowest BCUT2D eigenvalue weighted by atomic mass is 9.95. The monoisotopic (exact) mass is 1040 g/mol. The summed E-state index contributed by atoms with van der Waals surface area (Å²) in [6.45, 7) is 6.67. The molecule has 386 valence electrons. The number of carbonyl (C=O) groups excluding carboxylic acids is 4. The van der Waals surface area contributed by atoms with Crippen LogP contribution < -0.4 is 0 Å². The number of rotatable bonds is 20. The molecule has 73 heavy (non-hydrogen) atoms.